The predicted octanol–water partition coefficient (Wildman–Crippen LogP) is 21.7. The molecular formula is C87H55N7. The molecule has 0 amide bonds. The van der Waals surface area contributed by atoms with Gasteiger partial charge in [0.2, 0.25) is 0 Å². The Balaban J connectivity index is 0.862. The summed E-state index contributed by atoms with van der Waals surface area (Å²) in [5, 5.41) is 20.9. The first-order valence-corrected chi connectivity index (χ1v) is 32.5. The number of para-hydroxylation sites is 6. The lowest BCUT2D eigenvalue weighted by Gasteiger charge is -2.19. The van der Waals surface area contributed by atoms with E-state index in [9.17, 15) is 5.26 Å². The van der Waals surface area contributed by atoms with Gasteiger partial charge in [0.25, 0.3) is 0 Å². The number of nitriles is 1. The molecule has 3 aliphatic carbocycles. The van der Waals surface area contributed by atoms with E-state index in [1.807, 2.05) is 6.08 Å². The van der Waals surface area contributed by atoms with Crippen molar-refractivity contribution in [1.82, 2.24) is 28.2 Å². The van der Waals surface area contributed by atoms with E-state index in [2.05, 4.69) is 309 Å². The van der Waals surface area contributed by atoms with Gasteiger partial charge in [0, 0.05) is 88.4 Å². The number of nitrogens with zero attached hydrogens (tertiary/aromatic N) is 7. The second-order valence-corrected chi connectivity index (χ2v) is 25.2. The van der Waals surface area contributed by atoms with Crippen LogP contribution >= 0.6 is 0 Å². The third kappa shape index (κ3) is 7.53. The number of aromatic nitrogens is 6. The molecule has 7 nitrogen and oxygen atoms in total. The van der Waals surface area contributed by atoms with Crippen LogP contribution in [-0.4, -0.2) is 28.2 Å². The van der Waals surface area contributed by atoms with Crippen LogP contribution in [0.3, 0.4) is 0 Å². The molecule has 1 unspecified atom stereocenters. The Bertz CT molecular complexity index is 6270. The van der Waals surface area contributed by atoms with E-state index >= 15 is 0 Å². The summed E-state index contributed by atoms with van der Waals surface area (Å²) < 4.78 is 9.86. The van der Waals surface area contributed by atoms with Crippen molar-refractivity contribution in [2.75, 3.05) is 0 Å². The minimum absolute atomic E-state index is 0.204. The van der Waals surface area contributed by atoms with Gasteiger partial charge in [0.1, 0.15) is 0 Å². The van der Waals surface area contributed by atoms with E-state index in [4.69, 9.17) is 9.97 Å². The third-order valence-corrected chi connectivity index (χ3v) is 20.2. The molecule has 0 spiro atoms. The standard InChI is InChI=1S/C87H55N7/c88-52-53-45-47-55(48-46-53)85-84-69-35-15-21-54-22-16-36-70(79(54)69)86(84)90-87(89-85)56-49-59(93-73-39-13-9-29-67(73)82-63(33-19-43-77(82)93)61-31-17-41-75-80(61)65-27-7-11-37-71(65)91(75)57-23-3-1-4-24-57)51-60(50-56)94-74-40-14-10-30-68(74)83-64(34-20-44-78(83)94)62-32-18-42-76-81(62)66-28-8-12-38-72(66)92(76)58-25-5-2-6-26-58/h1-17,19-41,43-45,47-51,53H,18,42,46H2. The van der Waals surface area contributed by atoms with Gasteiger partial charge < -0.3 is 18.3 Å². The van der Waals surface area contributed by atoms with Crippen molar-refractivity contribution < 1.29 is 0 Å². The lowest BCUT2D eigenvalue weighted by Crippen LogP contribution is -2.06. The number of benzene rings is 12. The quantitative estimate of drug-likeness (QED) is 0.152. The average Bonchev–Trinajstić information content (AvgIpc) is 1.57. The van der Waals surface area contributed by atoms with E-state index in [-0.39, 0.29) is 5.92 Å². The molecular weight excluding hydrogens is 1140 g/mol. The molecule has 0 fully saturated rings. The maximum Gasteiger partial charge on any atom is 0.160 e. The summed E-state index contributed by atoms with van der Waals surface area (Å²) in [6.45, 7) is 0. The molecule has 17 aromatic rings. The van der Waals surface area contributed by atoms with Crippen LogP contribution in [-0.2, 0) is 6.42 Å². The smallest absolute Gasteiger partial charge is 0.160 e. The van der Waals surface area contributed by atoms with Crippen LogP contribution in [0.4, 0.5) is 0 Å². The topological polar surface area (TPSA) is 69.3 Å². The molecule has 0 saturated carbocycles. The maximum atomic E-state index is 10.1. The van der Waals surface area contributed by atoms with Crippen LogP contribution in [0.15, 0.2) is 291 Å². The van der Waals surface area contributed by atoms with Crippen molar-refractivity contribution in [1.29, 1.82) is 5.26 Å². The molecule has 5 heterocycles. The summed E-state index contributed by atoms with van der Waals surface area (Å²) in [6.07, 6.45) is 11.3. The molecule has 0 bridgehead atoms. The number of hydrogen-bond acceptors (Lipinski definition) is 3. The van der Waals surface area contributed by atoms with Crippen LogP contribution in [0.5, 0.6) is 0 Å². The van der Waals surface area contributed by atoms with Gasteiger partial charge in [-0.2, -0.15) is 5.26 Å². The Morgan fingerprint density at radius 2 is 0.840 bits per heavy atom. The van der Waals surface area contributed by atoms with Crippen LogP contribution in [0, 0.1) is 17.2 Å². The third-order valence-electron chi connectivity index (χ3n) is 20.2. The summed E-state index contributed by atoms with van der Waals surface area (Å²) in [5.74, 6) is 0.419. The molecule has 3 aliphatic rings. The molecule has 12 aromatic carbocycles. The van der Waals surface area contributed by atoms with Gasteiger partial charge in [-0.1, -0.05) is 206 Å². The van der Waals surface area contributed by atoms with Crippen molar-refractivity contribution in [2.24, 2.45) is 5.92 Å². The van der Waals surface area contributed by atoms with E-state index in [0.717, 1.165) is 102 Å². The maximum absolute atomic E-state index is 10.1. The van der Waals surface area contributed by atoms with Gasteiger partial charge in [-0.15, -0.1) is 0 Å². The molecule has 0 aliphatic heterocycles. The SMILES string of the molecule is N#CC1C=CC(c2nc(-c3cc(-n4c5ccccc5c5c(C6=CCCc7c6c6ccccc6n7-c6ccccc6)cccc54)cc(-n4c5ccccc5c5c(-c6cccc7c6c6ccccc6n7-c6ccccc6)cccc54)c3)nc3c2-c2cccc4cccc-3c24)=CC1. The Morgan fingerprint density at radius 3 is 1.41 bits per heavy atom. The van der Waals surface area contributed by atoms with Gasteiger partial charge in [0.05, 0.1) is 62.0 Å². The van der Waals surface area contributed by atoms with E-state index in [1.54, 1.807) is 0 Å². The molecule has 0 radical (unpaired) electrons. The van der Waals surface area contributed by atoms with Crippen LogP contribution in [0.25, 0.3) is 166 Å². The van der Waals surface area contributed by atoms with E-state index in [1.165, 1.54) is 93.3 Å². The minimum atomic E-state index is -0.204. The molecule has 94 heavy (non-hydrogen) atoms. The lowest BCUT2D eigenvalue weighted by atomic mass is 9.87. The fourth-order valence-electron chi connectivity index (χ4n) is 16.4. The second-order valence-electron chi connectivity index (χ2n) is 25.2. The Hall–Kier alpha value is -12.4. The summed E-state index contributed by atoms with van der Waals surface area (Å²) >= 11 is 0. The number of rotatable bonds is 8. The number of allylic oxidation sites excluding steroid dienone is 5. The highest BCUT2D eigenvalue weighted by Gasteiger charge is 2.32. The fourth-order valence-corrected chi connectivity index (χ4v) is 16.4. The monoisotopic (exact) mass is 1200 g/mol. The highest BCUT2D eigenvalue weighted by Crippen LogP contribution is 2.52. The summed E-state index contributed by atoms with van der Waals surface area (Å²) in [5.41, 5.74) is 26.6. The average molecular weight is 1200 g/mol. The first-order chi connectivity index (χ1) is 46.6. The second kappa shape index (κ2) is 20.3. The van der Waals surface area contributed by atoms with Gasteiger partial charge in [0.15, 0.2) is 5.82 Å². The zero-order chi connectivity index (χ0) is 61.7. The molecule has 20 rings (SSSR count). The van der Waals surface area contributed by atoms with Crippen LogP contribution < -0.4 is 0 Å². The van der Waals surface area contributed by atoms with Crippen molar-refractivity contribution in [3.8, 4) is 73.7 Å². The predicted molar refractivity (Wildman–Crippen MR) is 387 cm³/mol. The molecule has 0 N–H and O–H groups in total. The van der Waals surface area contributed by atoms with Gasteiger partial charge >= 0.3 is 0 Å². The highest BCUT2D eigenvalue weighted by molar-refractivity contribution is 6.23. The Labute approximate surface area is 541 Å². The summed E-state index contributed by atoms with van der Waals surface area (Å²) in [7, 11) is 0. The Kier molecular flexibility index (Phi) is 11.3. The van der Waals surface area contributed by atoms with Crippen LogP contribution in [0.1, 0.15) is 35.4 Å². The first kappa shape index (κ1) is 52.4. The van der Waals surface area contributed by atoms with Gasteiger partial charge in [-0.25, -0.2) is 9.97 Å². The van der Waals surface area contributed by atoms with E-state index < -0.39 is 0 Å². The zero-order valence-electron chi connectivity index (χ0n) is 51.0. The largest absolute Gasteiger partial charge is 0.313 e. The van der Waals surface area contributed by atoms with Crippen LogP contribution in [0.2, 0.25) is 0 Å². The normalized spacial score (nSPS) is 14.2. The first-order valence-electron chi connectivity index (χ1n) is 32.5. The van der Waals surface area contributed by atoms with Gasteiger partial charge in [-0.3, -0.25) is 0 Å². The fraction of sp³-hybridized carbons (Fsp3) is 0.0460. The molecule has 1 atom stereocenters. The molecule has 7 heteroatoms. The van der Waals surface area contributed by atoms with Crippen molar-refractivity contribution in [3.05, 3.63) is 314 Å². The zero-order valence-corrected chi connectivity index (χ0v) is 51.0. The number of hydrogen-bond donors (Lipinski definition) is 0. The highest BCUT2D eigenvalue weighted by atomic mass is 15.0. The van der Waals surface area contributed by atoms with Gasteiger partial charge in [-0.05, 0) is 148 Å². The summed E-state index contributed by atoms with van der Waals surface area (Å²) in [4.78, 5) is 11.6. The lowest BCUT2D eigenvalue weighted by molar-refractivity contribution is 0.840. The van der Waals surface area contributed by atoms with Crippen molar-refractivity contribution >= 4 is 98.2 Å². The molecule has 5 aromatic heterocycles. The van der Waals surface area contributed by atoms with E-state index in [0.29, 0.717) is 12.2 Å². The molecule has 0 saturated heterocycles. The van der Waals surface area contributed by atoms with Crippen molar-refractivity contribution in [3.63, 3.8) is 0 Å². The molecule has 438 valence electrons. The number of fused-ring (bicyclic) bond motifs is 15. The Morgan fingerprint density at radius 1 is 0.372 bits per heavy atom. The van der Waals surface area contributed by atoms with Crippen molar-refractivity contribution in [2.45, 2.75) is 19.3 Å². The minimum Gasteiger partial charge on any atom is -0.313 e. The summed E-state index contributed by atoms with van der Waals surface area (Å²) in [6, 6.07) is 100.